The first kappa shape index (κ1) is 14.8. The van der Waals surface area contributed by atoms with Crippen molar-refractivity contribution in [1.82, 2.24) is 9.97 Å². The van der Waals surface area contributed by atoms with Crippen LogP contribution in [0.2, 0.25) is 0 Å². The molecule has 0 amide bonds. The van der Waals surface area contributed by atoms with Crippen molar-refractivity contribution in [3.05, 3.63) is 46.3 Å². The van der Waals surface area contributed by atoms with E-state index in [0.29, 0.717) is 6.54 Å². The molecule has 0 saturated carbocycles. The Balaban J connectivity index is 2.56. The molecule has 1 aromatic heterocycles. The van der Waals surface area contributed by atoms with Crippen LogP contribution in [0.15, 0.2) is 24.5 Å². The first-order chi connectivity index (χ1) is 10.0. The second-order valence-electron chi connectivity index (χ2n) is 4.23. The largest absolute Gasteiger partial charge is 0.364 e. The SMILES string of the molecule is CCCNc1ncnc(-c2ccc(F)c(F)c2)c1[N+](=O)[O-]. The number of hydrogen-bond acceptors (Lipinski definition) is 5. The summed E-state index contributed by atoms with van der Waals surface area (Å²) in [6, 6.07) is 3.00. The highest BCUT2D eigenvalue weighted by Crippen LogP contribution is 2.33. The van der Waals surface area contributed by atoms with Gasteiger partial charge in [-0.15, -0.1) is 0 Å². The van der Waals surface area contributed by atoms with E-state index < -0.39 is 16.6 Å². The quantitative estimate of drug-likeness (QED) is 0.676. The summed E-state index contributed by atoms with van der Waals surface area (Å²) in [5.74, 6) is -2.07. The van der Waals surface area contributed by atoms with Gasteiger partial charge in [0.15, 0.2) is 17.3 Å². The van der Waals surface area contributed by atoms with Crippen molar-refractivity contribution < 1.29 is 13.7 Å². The summed E-state index contributed by atoms with van der Waals surface area (Å²) in [6.07, 6.45) is 1.89. The third-order valence-corrected chi connectivity index (χ3v) is 2.74. The van der Waals surface area contributed by atoms with Crippen LogP contribution in [-0.2, 0) is 0 Å². The minimum Gasteiger partial charge on any atom is -0.364 e. The summed E-state index contributed by atoms with van der Waals surface area (Å²) >= 11 is 0. The Labute approximate surface area is 119 Å². The molecule has 110 valence electrons. The van der Waals surface area contributed by atoms with Crippen molar-refractivity contribution in [2.24, 2.45) is 0 Å². The summed E-state index contributed by atoms with van der Waals surface area (Å²) in [6.45, 7) is 2.39. The lowest BCUT2D eigenvalue weighted by Crippen LogP contribution is -2.07. The smallest absolute Gasteiger partial charge is 0.337 e. The van der Waals surface area contributed by atoms with Crippen LogP contribution < -0.4 is 5.32 Å². The van der Waals surface area contributed by atoms with Crippen molar-refractivity contribution in [3.63, 3.8) is 0 Å². The van der Waals surface area contributed by atoms with E-state index in [1.54, 1.807) is 0 Å². The van der Waals surface area contributed by atoms with Gasteiger partial charge in [-0.1, -0.05) is 6.92 Å². The van der Waals surface area contributed by atoms with Gasteiger partial charge in [0, 0.05) is 12.1 Å². The average Bonchev–Trinajstić information content (AvgIpc) is 2.47. The van der Waals surface area contributed by atoms with Gasteiger partial charge < -0.3 is 5.32 Å². The number of aromatic nitrogens is 2. The number of halogens is 2. The normalized spacial score (nSPS) is 10.4. The fourth-order valence-corrected chi connectivity index (χ4v) is 1.78. The minimum absolute atomic E-state index is 0.0524. The third kappa shape index (κ3) is 3.10. The Morgan fingerprint density at radius 1 is 1.29 bits per heavy atom. The molecule has 2 aromatic rings. The van der Waals surface area contributed by atoms with Crippen LogP contribution in [0.3, 0.4) is 0 Å². The molecule has 0 atom stereocenters. The molecule has 1 aromatic carbocycles. The van der Waals surface area contributed by atoms with Gasteiger partial charge in [0.05, 0.1) is 4.92 Å². The van der Waals surface area contributed by atoms with Crippen LogP contribution in [0.1, 0.15) is 13.3 Å². The Bertz CT molecular complexity index is 679. The number of nitrogens with zero attached hydrogens (tertiary/aromatic N) is 3. The minimum atomic E-state index is -1.09. The molecule has 1 N–H and O–H groups in total. The number of hydrogen-bond donors (Lipinski definition) is 1. The Morgan fingerprint density at radius 3 is 2.67 bits per heavy atom. The molecule has 0 aliphatic heterocycles. The zero-order valence-electron chi connectivity index (χ0n) is 11.1. The van der Waals surface area contributed by atoms with Crippen LogP contribution in [0.5, 0.6) is 0 Å². The van der Waals surface area contributed by atoms with Gasteiger partial charge in [0.25, 0.3) is 0 Å². The standard InChI is InChI=1S/C13H12F2N4O2/c1-2-5-16-13-12(19(20)21)11(17-7-18-13)8-3-4-9(14)10(15)6-8/h3-4,6-7H,2,5H2,1H3,(H,16,17,18). The van der Waals surface area contributed by atoms with Gasteiger partial charge in [0.2, 0.25) is 5.82 Å². The molecule has 21 heavy (non-hydrogen) atoms. The summed E-state index contributed by atoms with van der Waals surface area (Å²) in [5.41, 5.74) is -0.313. The van der Waals surface area contributed by atoms with Crippen molar-refractivity contribution >= 4 is 11.5 Å². The highest BCUT2D eigenvalue weighted by molar-refractivity contribution is 5.76. The summed E-state index contributed by atoms with van der Waals surface area (Å²) < 4.78 is 26.3. The van der Waals surface area contributed by atoms with E-state index in [0.717, 1.165) is 24.9 Å². The number of rotatable bonds is 5. The monoisotopic (exact) mass is 294 g/mol. The fourth-order valence-electron chi connectivity index (χ4n) is 1.78. The highest BCUT2D eigenvalue weighted by Gasteiger charge is 2.24. The molecule has 0 saturated heterocycles. The number of nitro groups is 1. The van der Waals surface area contributed by atoms with Gasteiger partial charge in [-0.05, 0) is 24.6 Å². The van der Waals surface area contributed by atoms with Gasteiger partial charge in [0.1, 0.15) is 6.33 Å². The summed E-state index contributed by atoms with van der Waals surface area (Å²) in [7, 11) is 0. The van der Waals surface area contributed by atoms with Crippen LogP contribution in [0.4, 0.5) is 20.3 Å². The van der Waals surface area contributed by atoms with Crippen molar-refractivity contribution in [2.75, 3.05) is 11.9 Å². The molecule has 0 spiro atoms. The second kappa shape index (κ2) is 6.21. The van der Waals surface area contributed by atoms with Gasteiger partial charge in [-0.3, -0.25) is 10.1 Å². The maximum absolute atomic E-state index is 13.3. The van der Waals surface area contributed by atoms with Crippen LogP contribution >= 0.6 is 0 Å². The van der Waals surface area contributed by atoms with Crippen molar-refractivity contribution in [2.45, 2.75) is 13.3 Å². The van der Waals surface area contributed by atoms with Crippen LogP contribution in [-0.4, -0.2) is 21.4 Å². The summed E-state index contributed by atoms with van der Waals surface area (Å²) in [4.78, 5) is 18.3. The van der Waals surface area contributed by atoms with Crippen LogP contribution in [0.25, 0.3) is 11.3 Å². The van der Waals surface area contributed by atoms with E-state index in [-0.39, 0.29) is 22.8 Å². The van der Waals surface area contributed by atoms with E-state index >= 15 is 0 Å². The Morgan fingerprint density at radius 2 is 2.05 bits per heavy atom. The summed E-state index contributed by atoms with van der Waals surface area (Å²) in [5, 5.41) is 14.1. The maximum Gasteiger partial charge on any atom is 0.337 e. The first-order valence-corrected chi connectivity index (χ1v) is 6.23. The molecule has 0 radical (unpaired) electrons. The zero-order chi connectivity index (χ0) is 15.4. The zero-order valence-corrected chi connectivity index (χ0v) is 11.1. The second-order valence-corrected chi connectivity index (χ2v) is 4.23. The topological polar surface area (TPSA) is 81.0 Å². The van der Waals surface area contributed by atoms with E-state index in [9.17, 15) is 18.9 Å². The number of benzene rings is 1. The number of anilines is 1. The molecular weight excluding hydrogens is 282 g/mol. The van der Waals surface area contributed by atoms with E-state index in [1.807, 2.05) is 6.92 Å². The molecule has 2 rings (SSSR count). The van der Waals surface area contributed by atoms with E-state index in [2.05, 4.69) is 15.3 Å². The first-order valence-electron chi connectivity index (χ1n) is 6.23. The van der Waals surface area contributed by atoms with E-state index in [4.69, 9.17) is 0 Å². The van der Waals surface area contributed by atoms with Crippen molar-refractivity contribution in [3.8, 4) is 11.3 Å². The molecule has 6 nitrogen and oxygen atoms in total. The average molecular weight is 294 g/mol. The fraction of sp³-hybridized carbons (Fsp3) is 0.231. The third-order valence-electron chi connectivity index (χ3n) is 2.74. The Kier molecular flexibility index (Phi) is 4.36. The predicted octanol–water partition coefficient (Wildman–Crippen LogP) is 3.15. The molecule has 8 heteroatoms. The molecule has 0 unspecified atom stereocenters. The maximum atomic E-state index is 13.3. The highest BCUT2D eigenvalue weighted by atomic mass is 19.2. The number of nitrogens with one attached hydrogen (secondary N) is 1. The molecule has 1 heterocycles. The molecular formula is C13H12F2N4O2. The van der Waals surface area contributed by atoms with Crippen molar-refractivity contribution in [1.29, 1.82) is 0 Å². The molecule has 0 bridgehead atoms. The predicted molar refractivity (Wildman–Crippen MR) is 72.8 cm³/mol. The van der Waals surface area contributed by atoms with Gasteiger partial charge in [-0.2, -0.15) is 0 Å². The lowest BCUT2D eigenvalue weighted by atomic mass is 10.1. The Hall–Kier alpha value is -2.64. The van der Waals surface area contributed by atoms with E-state index in [1.165, 1.54) is 6.07 Å². The lowest BCUT2D eigenvalue weighted by molar-refractivity contribution is -0.383. The lowest BCUT2D eigenvalue weighted by Gasteiger charge is -2.08. The molecule has 0 aliphatic carbocycles. The molecule has 0 fully saturated rings. The van der Waals surface area contributed by atoms with Gasteiger partial charge in [-0.25, -0.2) is 18.7 Å². The van der Waals surface area contributed by atoms with Gasteiger partial charge >= 0.3 is 5.69 Å². The van der Waals surface area contributed by atoms with Crippen LogP contribution in [0, 0.1) is 21.7 Å². The molecule has 0 aliphatic rings.